The zero-order valence-electron chi connectivity index (χ0n) is 12.5. The Hall–Kier alpha value is -2.10. The number of nitrogens with two attached hydrogens (primary N) is 1. The van der Waals surface area contributed by atoms with Gasteiger partial charge in [0, 0.05) is 30.4 Å². The number of fused-ring (bicyclic) bond motifs is 1. The summed E-state index contributed by atoms with van der Waals surface area (Å²) in [6.45, 7) is 5.48. The highest BCUT2D eigenvalue weighted by Crippen LogP contribution is 2.32. The topological polar surface area (TPSA) is 63.4 Å². The molecule has 21 heavy (non-hydrogen) atoms. The Bertz CT molecular complexity index is 668. The van der Waals surface area contributed by atoms with Crippen LogP contribution in [0, 0.1) is 13.8 Å². The number of aryl methyl sites for hydroxylation is 1. The van der Waals surface area contributed by atoms with Gasteiger partial charge in [0.05, 0.1) is 11.3 Å². The molecule has 0 aromatic heterocycles. The van der Waals surface area contributed by atoms with Crippen LogP contribution in [0.5, 0.6) is 0 Å². The maximum absolute atomic E-state index is 12.8. The van der Waals surface area contributed by atoms with Crippen molar-refractivity contribution >= 4 is 17.3 Å². The highest BCUT2D eigenvalue weighted by molar-refractivity contribution is 6.26. The number of carbonyl (C=O) groups is 2. The van der Waals surface area contributed by atoms with E-state index >= 15 is 0 Å². The summed E-state index contributed by atoms with van der Waals surface area (Å²) < 4.78 is 0. The molecule has 1 aromatic rings. The van der Waals surface area contributed by atoms with Crippen LogP contribution in [0.15, 0.2) is 17.8 Å². The SMILES string of the molecule is Cc1cc2c(c(N)c1C)C(=O)C(N1CCCCC1)=CC2=O. The smallest absolute Gasteiger partial charge is 0.212 e. The van der Waals surface area contributed by atoms with Crippen LogP contribution in [-0.2, 0) is 0 Å². The van der Waals surface area contributed by atoms with Crippen molar-refractivity contribution in [3.8, 4) is 0 Å². The first-order chi connectivity index (χ1) is 10.0. The molecule has 110 valence electrons. The standard InChI is InChI=1S/C17H20N2O2/c1-10-8-12-14(20)9-13(19-6-4-3-5-7-19)17(21)15(12)16(18)11(10)2/h8-9H,3-7,18H2,1-2H3. The molecule has 1 fully saturated rings. The average molecular weight is 284 g/mol. The Balaban J connectivity index is 2.09. The summed E-state index contributed by atoms with van der Waals surface area (Å²) >= 11 is 0. The lowest BCUT2D eigenvalue weighted by atomic mass is 9.86. The molecule has 2 aliphatic rings. The highest BCUT2D eigenvalue weighted by Gasteiger charge is 2.32. The van der Waals surface area contributed by atoms with E-state index in [1.165, 1.54) is 12.5 Å². The summed E-state index contributed by atoms with van der Waals surface area (Å²) in [5.41, 5.74) is 9.77. The first-order valence-corrected chi connectivity index (χ1v) is 7.46. The van der Waals surface area contributed by atoms with Crippen molar-refractivity contribution in [2.24, 2.45) is 0 Å². The number of hydrogen-bond acceptors (Lipinski definition) is 4. The van der Waals surface area contributed by atoms with Crippen LogP contribution in [0.4, 0.5) is 5.69 Å². The third kappa shape index (κ3) is 2.15. The van der Waals surface area contributed by atoms with Gasteiger partial charge in [-0.05, 0) is 50.3 Å². The molecule has 0 radical (unpaired) electrons. The summed E-state index contributed by atoms with van der Waals surface area (Å²) in [7, 11) is 0. The van der Waals surface area contributed by atoms with E-state index in [0.29, 0.717) is 22.5 Å². The van der Waals surface area contributed by atoms with Gasteiger partial charge in [-0.3, -0.25) is 9.59 Å². The summed E-state index contributed by atoms with van der Waals surface area (Å²) in [6.07, 6.45) is 4.80. The van der Waals surface area contributed by atoms with Crippen LogP contribution in [0.25, 0.3) is 0 Å². The Morgan fingerprint density at radius 3 is 2.43 bits per heavy atom. The molecule has 3 rings (SSSR count). The molecule has 0 bridgehead atoms. The molecule has 1 aromatic carbocycles. The second-order valence-electron chi connectivity index (χ2n) is 5.93. The number of rotatable bonds is 1. The Labute approximate surface area is 124 Å². The number of benzene rings is 1. The van der Waals surface area contributed by atoms with Crippen LogP contribution >= 0.6 is 0 Å². The molecule has 4 nitrogen and oxygen atoms in total. The van der Waals surface area contributed by atoms with Crippen molar-refractivity contribution in [1.82, 2.24) is 4.90 Å². The second kappa shape index (κ2) is 5.02. The van der Waals surface area contributed by atoms with Crippen molar-refractivity contribution in [3.63, 3.8) is 0 Å². The number of carbonyl (C=O) groups excluding carboxylic acids is 2. The van der Waals surface area contributed by atoms with Gasteiger partial charge in [0.15, 0.2) is 5.78 Å². The lowest BCUT2D eigenvalue weighted by Crippen LogP contribution is -2.35. The number of allylic oxidation sites excluding steroid dienone is 2. The van der Waals surface area contributed by atoms with Crippen molar-refractivity contribution in [2.75, 3.05) is 18.8 Å². The number of Topliss-reactive ketones (excluding diaryl/α,β-unsaturated/α-hetero) is 1. The second-order valence-corrected chi connectivity index (χ2v) is 5.93. The van der Waals surface area contributed by atoms with Crippen molar-refractivity contribution in [1.29, 1.82) is 0 Å². The van der Waals surface area contributed by atoms with E-state index in [2.05, 4.69) is 0 Å². The van der Waals surface area contributed by atoms with E-state index in [1.807, 2.05) is 18.7 Å². The Kier molecular flexibility index (Phi) is 3.32. The molecule has 2 N–H and O–H groups in total. The van der Waals surface area contributed by atoms with Crippen LogP contribution in [-0.4, -0.2) is 29.6 Å². The van der Waals surface area contributed by atoms with Crippen LogP contribution < -0.4 is 5.73 Å². The van der Waals surface area contributed by atoms with Gasteiger partial charge >= 0.3 is 0 Å². The molecule has 0 amide bonds. The van der Waals surface area contributed by atoms with Gasteiger partial charge < -0.3 is 10.6 Å². The van der Waals surface area contributed by atoms with E-state index in [9.17, 15) is 9.59 Å². The molecule has 0 unspecified atom stereocenters. The number of nitrogen functional groups attached to an aromatic ring is 1. The van der Waals surface area contributed by atoms with Gasteiger partial charge in [0.1, 0.15) is 0 Å². The molecular weight excluding hydrogens is 264 g/mol. The summed E-state index contributed by atoms with van der Waals surface area (Å²) in [5, 5.41) is 0. The van der Waals surface area contributed by atoms with E-state index in [1.54, 1.807) is 6.07 Å². The third-order valence-electron chi connectivity index (χ3n) is 4.58. The van der Waals surface area contributed by atoms with Gasteiger partial charge in [-0.2, -0.15) is 0 Å². The summed E-state index contributed by atoms with van der Waals surface area (Å²) in [4.78, 5) is 27.2. The monoisotopic (exact) mass is 284 g/mol. The van der Waals surface area contributed by atoms with E-state index < -0.39 is 0 Å². The Morgan fingerprint density at radius 1 is 1.10 bits per heavy atom. The fourth-order valence-electron chi connectivity index (χ4n) is 3.15. The largest absolute Gasteiger partial charge is 0.398 e. The number of hydrogen-bond donors (Lipinski definition) is 1. The van der Waals surface area contributed by atoms with Gasteiger partial charge in [-0.25, -0.2) is 0 Å². The minimum Gasteiger partial charge on any atom is -0.398 e. The minimum atomic E-state index is -0.111. The molecule has 0 saturated carbocycles. The van der Waals surface area contributed by atoms with Gasteiger partial charge in [-0.15, -0.1) is 0 Å². The maximum atomic E-state index is 12.8. The van der Waals surface area contributed by atoms with E-state index in [4.69, 9.17) is 5.73 Å². The number of anilines is 1. The lowest BCUT2D eigenvalue weighted by Gasteiger charge is -2.32. The van der Waals surface area contributed by atoms with Crippen LogP contribution in [0.1, 0.15) is 51.1 Å². The number of ketones is 2. The first-order valence-electron chi connectivity index (χ1n) is 7.46. The maximum Gasteiger partial charge on any atom is 0.212 e. The fraction of sp³-hybridized carbons (Fsp3) is 0.412. The first kappa shape index (κ1) is 13.9. The fourth-order valence-corrected chi connectivity index (χ4v) is 3.15. The predicted octanol–water partition coefficient (Wildman–Crippen LogP) is 2.63. The van der Waals surface area contributed by atoms with E-state index in [0.717, 1.165) is 37.1 Å². The number of likely N-dealkylation sites (tertiary alicyclic amines) is 1. The van der Waals surface area contributed by atoms with Crippen LogP contribution in [0.2, 0.25) is 0 Å². The molecule has 0 spiro atoms. The summed E-state index contributed by atoms with van der Waals surface area (Å²) in [6, 6.07) is 1.78. The lowest BCUT2D eigenvalue weighted by molar-refractivity contribution is 0.0944. The molecule has 0 atom stereocenters. The van der Waals surface area contributed by atoms with Gasteiger partial charge in [-0.1, -0.05) is 0 Å². The molecule has 1 aliphatic heterocycles. The quantitative estimate of drug-likeness (QED) is 0.805. The summed E-state index contributed by atoms with van der Waals surface area (Å²) in [5.74, 6) is -0.216. The molecular formula is C17H20N2O2. The highest BCUT2D eigenvalue weighted by atomic mass is 16.1. The van der Waals surface area contributed by atoms with E-state index in [-0.39, 0.29) is 11.6 Å². The number of nitrogens with zero attached hydrogens (tertiary/aromatic N) is 1. The predicted molar refractivity (Wildman–Crippen MR) is 82.5 cm³/mol. The van der Waals surface area contributed by atoms with Gasteiger partial charge in [0.2, 0.25) is 5.78 Å². The van der Waals surface area contributed by atoms with Crippen molar-refractivity contribution in [2.45, 2.75) is 33.1 Å². The van der Waals surface area contributed by atoms with Crippen LogP contribution in [0.3, 0.4) is 0 Å². The molecule has 4 heteroatoms. The zero-order chi connectivity index (χ0) is 15.1. The van der Waals surface area contributed by atoms with Crippen molar-refractivity contribution in [3.05, 3.63) is 40.1 Å². The third-order valence-corrected chi connectivity index (χ3v) is 4.58. The van der Waals surface area contributed by atoms with Gasteiger partial charge in [0.25, 0.3) is 0 Å². The average Bonchev–Trinajstić information content (AvgIpc) is 2.49. The number of piperidine rings is 1. The molecule has 1 heterocycles. The molecule has 1 aliphatic carbocycles. The Morgan fingerprint density at radius 2 is 1.76 bits per heavy atom. The minimum absolute atomic E-state index is 0.105. The normalized spacial score (nSPS) is 18.6. The molecule has 1 saturated heterocycles. The van der Waals surface area contributed by atoms with Crippen molar-refractivity contribution < 1.29 is 9.59 Å². The zero-order valence-corrected chi connectivity index (χ0v) is 12.5.